The summed E-state index contributed by atoms with van der Waals surface area (Å²) >= 11 is 0. The van der Waals surface area contributed by atoms with Crippen LogP contribution in [0.15, 0.2) is 0 Å². The molecule has 18 heavy (non-hydrogen) atoms. The Kier molecular flexibility index (Phi) is 5.17. The summed E-state index contributed by atoms with van der Waals surface area (Å²) in [5.74, 6) is 0.195. The highest BCUT2D eigenvalue weighted by atomic mass is 32.2. The summed E-state index contributed by atoms with van der Waals surface area (Å²) in [5, 5.41) is 0. The Bertz CT molecular complexity index is 362. The van der Waals surface area contributed by atoms with Crippen LogP contribution in [0.25, 0.3) is 0 Å². The lowest BCUT2D eigenvalue weighted by Gasteiger charge is -2.36. The number of rotatable bonds is 4. The molecule has 1 aliphatic rings. The van der Waals surface area contributed by atoms with Crippen LogP contribution in [0.2, 0.25) is 0 Å². The molecule has 0 aromatic rings. The Hall–Kier alpha value is -0.170. The summed E-state index contributed by atoms with van der Waals surface area (Å²) in [6.07, 6.45) is 0.135. The average Bonchev–Trinajstić information content (AvgIpc) is 2.24. The molecule has 0 amide bonds. The average molecular weight is 278 g/mol. The van der Waals surface area contributed by atoms with Gasteiger partial charge >= 0.3 is 0 Å². The Morgan fingerprint density at radius 2 is 1.94 bits per heavy atom. The normalized spacial score (nSPS) is 27.4. The van der Waals surface area contributed by atoms with Gasteiger partial charge in [-0.25, -0.2) is 8.42 Å². The summed E-state index contributed by atoms with van der Waals surface area (Å²) in [4.78, 5) is 2.13. The maximum absolute atomic E-state index is 12.0. The van der Waals surface area contributed by atoms with Gasteiger partial charge in [0.15, 0.2) is 9.84 Å². The van der Waals surface area contributed by atoms with Crippen LogP contribution in [-0.4, -0.2) is 62.2 Å². The molecule has 1 aliphatic heterocycles. The number of hydrogen-bond donors (Lipinski definition) is 1. The largest absolute Gasteiger partial charge is 0.371 e. The van der Waals surface area contributed by atoms with Gasteiger partial charge in [-0.05, 0) is 27.7 Å². The molecule has 6 heteroatoms. The van der Waals surface area contributed by atoms with Crippen molar-refractivity contribution in [3.8, 4) is 0 Å². The van der Waals surface area contributed by atoms with Crippen LogP contribution in [0.3, 0.4) is 0 Å². The van der Waals surface area contributed by atoms with Gasteiger partial charge in [0.25, 0.3) is 0 Å². The lowest BCUT2D eigenvalue weighted by Crippen LogP contribution is -2.50. The third-order valence-electron chi connectivity index (χ3n) is 3.27. The van der Waals surface area contributed by atoms with Gasteiger partial charge in [0, 0.05) is 26.2 Å². The SMILES string of the molecule is CC1CN(CCS(=O)(=O)C(C)(C)C)CC(CN)O1. The van der Waals surface area contributed by atoms with Crippen molar-refractivity contribution in [3.63, 3.8) is 0 Å². The second kappa shape index (κ2) is 5.86. The minimum absolute atomic E-state index is 0.0195. The van der Waals surface area contributed by atoms with Gasteiger partial charge in [-0.3, -0.25) is 4.90 Å². The number of morpholine rings is 1. The molecule has 1 rings (SSSR count). The molecular weight excluding hydrogens is 252 g/mol. The van der Waals surface area contributed by atoms with Crippen molar-refractivity contribution in [1.29, 1.82) is 0 Å². The summed E-state index contributed by atoms with van der Waals surface area (Å²) in [5.41, 5.74) is 5.61. The van der Waals surface area contributed by atoms with E-state index in [-0.39, 0.29) is 18.0 Å². The lowest BCUT2D eigenvalue weighted by molar-refractivity contribution is -0.0703. The Morgan fingerprint density at radius 1 is 1.33 bits per heavy atom. The minimum atomic E-state index is -3.05. The Labute approximate surface area is 111 Å². The zero-order valence-electron chi connectivity index (χ0n) is 11.8. The highest BCUT2D eigenvalue weighted by molar-refractivity contribution is 7.92. The monoisotopic (exact) mass is 278 g/mol. The molecule has 0 bridgehead atoms. The highest BCUT2D eigenvalue weighted by Crippen LogP contribution is 2.17. The predicted molar refractivity (Wildman–Crippen MR) is 73.4 cm³/mol. The van der Waals surface area contributed by atoms with E-state index in [1.54, 1.807) is 20.8 Å². The molecule has 1 fully saturated rings. The quantitative estimate of drug-likeness (QED) is 0.798. The van der Waals surface area contributed by atoms with E-state index in [4.69, 9.17) is 10.5 Å². The number of nitrogens with zero attached hydrogens (tertiary/aromatic N) is 1. The van der Waals surface area contributed by atoms with E-state index in [1.807, 2.05) is 6.92 Å². The maximum Gasteiger partial charge on any atom is 0.156 e. The smallest absolute Gasteiger partial charge is 0.156 e. The van der Waals surface area contributed by atoms with Crippen molar-refractivity contribution in [1.82, 2.24) is 4.90 Å². The van der Waals surface area contributed by atoms with Crippen LogP contribution < -0.4 is 5.73 Å². The molecule has 0 aromatic carbocycles. The molecule has 0 aliphatic carbocycles. The third-order valence-corrected chi connectivity index (χ3v) is 5.86. The van der Waals surface area contributed by atoms with E-state index in [0.717, 1.165) is 13.1 Å². The molecule has 0 aromatic heterocycles. The van der Waals surface area contributed by atoms with Crippen LogP contribution in [0, 0.1) is 0 Å². The van der Waals surface area contributed by atoms with Crippen molar-refractivity contribution in [3.05, 3.63) is 0 Å². The van der Waals surface area contributed by atoms with E-state index >= 15 is 0 Å². The van der Waals surface area contributed by atoms with Gasteiger partial charge in [0.2, 0.25) is 0 Å². The maximum atomic E-state index is 12.0. The minimum Gasteiger partial charge on any atom is -0.371 e. The second-order valence-electron chi connectivity index (χ2n) is 6.00. The van der Waals surface area contributed by atoms with E-state index in [9.17, 15) is 8.42 Å². The molecule has 108 valence electrons. The van der Waals surface area contributed by atoms with E-state index in [1.165, 1.54) is 0 Å². The molecule has 2 N–H and O–H groups in total. The third kappa shape index (κ3) is 4.19. The summed E-state index contributed by atoms with van der Waals surface area (Å²) in [6.45, 7) is 9.76. The van der Waals surface area contributed by atoms with Crippen LogP contribution in [0.4, 0.5) is 0 Å². The fourth-order valence-corrected chi connectivity index (χ4v) is 3.12. The van der Waals surface area contributed by atoms with Crippen molar-refractivity contribution >= 4 is 9.84 Å². The van der Waals surface area contributed by atoms with E-state index in [0.29, 0.717) is 13.1 Å². The van der Waals surface area contributed by atoms with Gasteiger partial charge in [-0.1, -0.05) is 0 Å². The Balaban J connectivity index is 2.53. The molecular formula is C12H26N2O3S. The molecule has 2 atom stereocenters. The van der Waals surface area contributed by atoms with Crippen LogP contribution >= 0.6 is 0 Å². The lowest BCUT2D eigenvalue weighted by atomic mass is 10.2. The number of hydrogen-bond acceptors (Lipinski definition) is 5. The predicted octanol–water partition coefficient (Wildman–Crippen LogP) is 0.248. The molecule has 0 saturated carbocycles. The van der Waals surface area contributed by atoms with E-state index < -0.39 is 14.6 Å². The fourth-order valence-electron chi connectivity index (χ4n) is 2.01. The molecule has 5 nitrogen and oxygen atoms in total. The van der Waals surface area contributed by atoms with E-state index in [2.05, 4.69) is 4.90 Å². The van der Waals surface area contributed by atoms with Crippen LogP contribution in [0.1, 0.15) is 27.7 Å². The van der Waals surface area contributed by atoms with Gasteiger partial charge in [0.05, 0.1) is 22.7 Å². The van der Waals surface area contributed by atoms with Crippen LogP contribution in [-0.2, 0) is 14.6 Å². The topological polar surface area (TPSA) is 72.6 Å². The first-order valence-electron chi connectivity index (χ1n) is 6.46. The first-order valence-corrected chi connectivity index (χ1v) is 8.11. The highest BCUT2D eigenvalue weighted by Gasteiger charge is 2.31. The standard InChI is InChI=1S/C12H26N2O3S/c1-10-8-14(9-11(7-13)17-10)5-6-18(15,16)12(2,3)4/h10-11H,5-9,13H2,1-4H3. The summed E-state index contributed by atoms with van der Waals surface area (Å²) in [7, 11) is -3.05. The van der Waals surface area contributed by atoms with Crippen molar-refractivity contribution in [2.45, 2.75) is 44.6 Å². The van der Waals surface area contributed by atoms with Crippen molar-refractivity contribution in [2.75, 3.05) is 31.9 Å². The fraction of sp³-hybridized carbons (Fsp3) is 1.00. The molecule has 0 spiro atoms. The first kappa shape index (κ1) is 15.9. The number of nitrogens with two attached hydrogens (primary N) is 1. The first-order chi connectivity index (χ1) is 8.15. The van der Waals surface area contributed by atoms with Gasteiger partial charge in [0.1, 0.15) is 0 Å². The van der Waals surface area contributed by atoms with Gasteiger partial charge in [-0.15, -0.1) is 0 Å². The second-order valence-corrected chi connectivity index (χ2v) is 8.86. The summed E-state index contributed by atoms with van der Waals surface area (Å²) in [6, 6.07) is 0. The summed E-state index contributed by atoms with van der Waals surface area (Å²) < 4.78 is 29.1. The van der Waals surface area contributed by atoms with Crippen molar-refractivity contribution in [2.24, 2.45) is 5.73 Å². The Morgan fingerprint density at radius 3 is 2.44 bits per heavy atom. The molecule has 2 unspecified atom stereocenters. The van der Waals surface area contributed by atoms with Gasteiger partial charge in [-0.2, -0.15) is 0 Å². The van der Waals surface area contributed by atoms with Crippen LogP contribution in [0.5, 0.6) is 0 Å². The van der Waals surface area contributed by atoms with Crippen molar-refractivity contribution < 1.29 is 13.2 Å². The zero-order chi connectivity index (χ0) is 14.0. The number of sulfone groups is 1. The number of ether oxygens (including phenoxy) is 1. The molecule has 1 heterocycles. The zero-order valence-corrected chi connectivity index (χ0v) is 12.7. The molecule has 0 radical (unpaired) electrons. The van der Waals surface area contributed by atoms with Gasteiger partial charge < -0.3 is 10.5 Å². The molecule has 1 saturated heterocycles.